The number of thioether (sulfide) groups is 1. The molecule has 3 rings (SSSR count). The second-order valence-corrected chi connectivity index (χ2v) is 6.80. The third kappa shape index (κ3) is 4.37. The van der Waals surface area contributed by atoms with Gasteiger partial charge in [-0.3, -0.25) is 9.36 Å². The Kier molecular flexibility index (Phi) is 6.26. The predicted molar refractivity (Wildman–Crippen MR) is 106 cm³/mol. The predicted octanol–water partition coefficient (Wildman–Crippen LogP) is 4.12. The van der Waals surface area contributed by atoms with Gasteiger partial charge in [0.2, 0.25) is 5.91 Å². The number of hydrogen-bond acceptors (Lipinski definition) is 4. The maximum Gasteiger partial charge on any atom is 0.230 e. The van der Waals surface area contributed by atoms with Gasteiger partial charge in [0.15, 0.2) is 11.0 Å². The fourth-order valence-corrected chi connectivity index (χ4v) is 3.39. The summed E-state index contributed by atoms with van der Waals surface area (Å²) in [5.41, 5.74) is 0.907. The molecule has 0 fully saturated rings. The molecular weight excluding hydrogens is 387 g/mol. The molecule has 3 aromatic rings. The third-order valence-electron chi connectivity index (χ3n) is 3.62. The van der Waals surface area contributed by atoms with Crippen molar-refractivity contribution in [2.75, 3.05) is 12.3 Å². The molecule has 27 heavy (non-hydrogen) atoms. The number of rotatable bonds is 7. The molecule has 138 valence electrons. The molecule has 1 N–H and O–H groups in total. The van der Waals surface area contributed by atoms with Crippen LogP contribution < -0.4 is 5.32 Å². The van der Waals surface area contributed by atoms with Crippen LogP contribution >= 0.6 is 23.4 Å². The number of benzene rings is 2. The number of para-hydroxylation sites is 1. The smallest absolute Gasteiger partial charge is 0.230 e. The maximum atomic E-state index is 14.5. The third-order valence-corrected chi connectivity index (χ3v) is 4.88. The highest BCUT2D eigenvalue weighted by Crippen LogP contribution is 2.32. The van der Waals surface area contributed by atoms with Crippen molar-refractivity contribution in [3.05, 3.63) is 72.0 Å². The van der Waals surface area contributed by atoms with Gasteiger partial charge in [0.1, 0.15) is 5.82 Å². The maximum absolute atomic E-state index is 14.5. The van der Waals surface area contributed by atoms with E-state index in [0.717, 1.165) is 11.8 Å². The standard InChI is InChI=1S/C19H16ClFN4OS/c1-2-11-22-17(26)12-27-19-24-23-18(13-7-3-4-8-14(13)20)25(19)16-10-6-5-9-15(16)21/h2-10H,1,11-12H2,(H,22,26). The fourth-order valence-electron chi connectivity index (χ4n) is 2.40. The van der Waals surface area contributed by atoms with Crippen molar-refractivity contribution in [2.45, 2.75) is 5.16 Å². The second-order valence-electron chi connectivity index (χ2n) is 5.45. The van der Waals surface area contributed by atoms with Crippen molar-refractivity contribution in [1.82, 2.24) is 20.1 Å². The largest absolute Gasteiger partial charge is 0.352 e. The first kappa shape index (κ1) is 19.1. The second kappa shape index (κ2) is 8.83. The molecule has 0 saturated carbocycles. The Morgan fingerprint density at radius 1 is 1.22 bits per heavy atom. The fraction of sp³-hybridized carbons (Fsp3) is 0.105. The highest BCUT2D eigenvalue weighted by Gasteiger charge is 2.20. The van der Waals surface area contributed by atoms with E-state index in [-0.39, 0.29) is 17.3 Å². The van der Waals surface area contributed by atoms with Gasteiger partial charge in [-0.2, -0.15) is 0 Å². The number of hydrogen-bond donors (Lipinski definition) is 1. The van der Waals surface area contributed by atoms with Gasteiger partial charge in [0.25, 0.3) is 0 Å². The van der Waals surface area contributed by atoms with Crippen molar-refractivity contribution in [3.8, 4) is 17.1 Å². The zero-order valence-electron chi connectivity index (χ0n) is 14.2. The van der Waals surface area contributed by atoms with E-state index >= 15 is 0 Å². The Morgan fingerprint density at radius 3 is 2.70 bits per heavy atom. The lowest BCUT2D eigenvalue weighted by Crippen LogP contribution is -2.25. The Balaban J connectivity index is 2.02. The molecule has 0 aliphatic carbocycles. The first-order valence-electron chi connectivity index (χ1n) is 8.07. The summed E-state index contributed by atoms with van der Waals surface area (Å²) in [6, 6.07) is 13.4. The van der Waals surface area contributed by atoms with Gasteiger partial charge in [0, 0.05) is 12.1 Å². The highest BCUT2D eigenvalue weighted by molar-refractivity contribution is 7.99. The number of halogens is 2. The molecule has 5 nitrogen and oxygen atoms in total. The minimum atomic E-state index is -0.427. The molecule has 0 unspecified atom stereocenters. The molecule has 0 spiro atoms. The molecule has 0 radical (unpaired) electrons. The summed E-state index contributed by atoms with van der Waals surface area (Å²) >= 11 is 7.46. The zero-order chi connectivity index (χ0) is 19.2. The van der Waals surface area contributed by atoms with Crippen LogP contribution in [0.2, 0.25) is 5.02 Å². The number of nitrogens with one attached hydrogen (secondary N) is 1. The molecule has 1 aromatic heterocycles. The highest BCUT2D eigenvalue weighted by atomic mass is 35.5. The van der Waals surface area contributed by atoms with E-state index in [1.54, 1.807) is 47.0 Å². The van der Waals surface area contributed by atoms with Crippen molar-refractivity contribution in [1.29, 1.82) is 0 Å². The molecule has 8 heteroatoms. The van der Waals surface area contributed by atoms with Crippen molar-refractivity contribution in [3.63, 3.8) is 0 Å². The normalized spacial score (nSPS) is 10.6. The number of nitrogens with zero attached hydrogens (tertiary/aromatic N) is 3. The van der Waals surface area contributed by atoms with Crippen LogP contribution in [-0.2, 0) is 4.79 Å². The molecule has 1 heterocycles. The number of carbonyl (C=O) groups excluding carboxylic acids is 1. The lowest BCUT2D eigenvalue weighted by atomic mass is 10.2. The average Bonchev–Trinajstić information content (AvgIpc) is 3.09. The number of aromatic nitrogens is 3. The first-order valence-corrected chi connectivity index (χ1v) is 9.43. The monoisotopic (exact) mass is 402 g/mol. The van der Waals surface area contributed by atoms with Crippen LogP contribution in [0.3, 0.4) is 0 Å². The van der Waals surface area contributed by atoms with E-state index in [1.807, 2.05) is 6.07 Å². The molecule has 0 saturated heterocycles. The summed E-state index contributed by atoms with van der Waals surface area (Å²) in [6.07, 6.45) is 1.60. The van der Waals surface area contributed by atoms with E-state index in [0.29, 0.717) is 28.1 Å². The summed E-state index contributed by atoms with van der Waals surface area (Å²) in [5, 5.41) is 11.9. The SMILES string of the molecule is C=CCNC(=O)CSc1nnc(-c2ccccc2Cl)n1-c1ccccc1F. The van der Waals surface area contributed by atoms with E-state index < -0.39 is 5.82 Å². The van der Waals surface area contributed by atoms with Gasteiger partial charge in [-0.1, -0.05) is 53.7 Å². The summed E-state index contributed by atoms with van der Waals surface area (Å²) < 4.78 is 16.1. The van der Waals surface area contributed by atoms with Crippen LogP contribution in [0.25, 0.3) is 17.1 Å². The lowest BCUT2D eigenvalue weighted by molar-refractivity contribution is -0.118. The first-order chi connectivity index (χ1) is 13.1. The summed E-state index contributed by atoms with van der Waals surface area (Å²) in [7, 11) is 0. The van der Waals surface area contributed by atoms with Crippen molar-refractivity contribution >= 4 is 29.3 Å². The molecule has 0 aliphatic heterocycles. The van der Waals surface area contributed by atoms with E-state index in [1.165, 1.54) is 6.07 Å². The van der Waals surface area contributed by atoms with Crippen LogP contribution in [-0.4, -0.2) is 33.0 Å². The van der Waals surface area contributed by atoms with E-state index in [9.17, 15) is 9.18 Å². The quantitative estimate of drug-likeness (QED) is 0.477. The minimum Gasteiger partial charge on any atom is -0.352 e. The van der Waals surface area contributed by atoms with Crippen LogP contribution in [0, 0.1) is 5.82 Å². The minimum absolute atomic E-state index is 0.114. The Hall–Kier alpha value is -2.64. The molecule has 0 atom stereocenters. The van der Waals surface area contributed by atoms with Crippen LogP contribution in [0.4, 0.5) is 4.39 Å². The van der Waals surface area contributed by atoms with Gasteiger partial charge in [-0.25, -0.2) is 4.39 Å². The Morgan fingerprint density at radius 2 is 1.96 bits per heavy atom. The Bertz CT molecular complexity index is 976. The van der Waals surface area contributed by atoms with E-state index in [4.69, 9.17) is 11.6 Å². The number of carbonyl (C=O) groups is 1. The van der Waals surface area contributed by atoms with Gasteiger partial charge < -0.3 is 5.32 Å². The average molecular weight is 403 g/mol. The van der Waals surface area contributed by atoms with E-state index in [2.05, 4.69) is 22.1 Å². The molecule has 2 aromatic carbocycles. The lowest BCUT2D eigenvalue weighted by Gasteiger charge is -2.12. The zero-order valence-corrected chi connectivity index (χ0v) is 15.8. The topological polar surface area (TPSA) is 59.8 Å². The Labute approximate surface area is 165 Å². The molecular formula is C19H16ClFN4OS. The summed E-state index contributed by atoms with van der Waals surface area (Å²) in [5.74, 6) is -0.0892. The molecule has 0 aliphatic rings. The van der Waals surface area contributed by atoms with Gasteiger partial charge in [0.05, 0.1) is 16.5 Å². The van der Waals surface area contributed by atoms with Crippen molar-refractivity contribution in [2.24, 2.45) is 0 Å². The summed E-state index contributed by atoms with van der Waals surface area (Å²) in [6.45, 7) is 3.94. The van der Waals surface area contributed by atoms with Gasteiger partial charge in [-0.15, -0.1) is 16.8 Å². The molecule has 1 amide bonds. The van der Waals surface area contributed by atoms with Crippen LogP contribution in [0.1, 0.15) is 0 Å². The summed E-state index contributed by atoms with van der Waals surface area (Å²) in [4.78, 5) is 11.9. The van der Waals surface area contributed by atoms with Gasteiger partial charge in [-0.05, 0) is 24.3 Å². The van der Waals surface area contributed by atoms with Crippen LogP contribution in [0.15, 0.2) is 66.3 Å². The molecule has 0 bridgehead atoms. The van der Waals surface area contributed by atoms with Crippen LogP contribution in [0.5, 0.6) is 0 Å². The van der Waals surface area contributed by atoms with Crippen molar-refractivity contribution < 1.29 is 9.18 Å². The number of amides is 1. The van der Waals surface area contributed by atoms with Gasteiger partial charge >= 0.3 is 0 Å².